The van der Waals surface area contributed by atoms with Crippen molar-refractivity contribution < 1.29 is 4.79 Å². The number of hydrogen-bond acceptors (Lipinski definition) is 8. The lowest BCUT2D eigenvalue weighted by molar-refractivity contribution is 0.0931. The Balaban J connectivity index is 1.29. The van der Waals surface area contributed by atoms with E-state index in [-0.39, 0.29) is 17.4 Å². The highest BCUT2D eigenvalue weighted by Crippen LogP contribution is 2.37. The second-order valence-electron chi connectivity index (χ2n) is 11.3. The summed E-state index contributed by atoms with van der Waals surface area (Å²) in [4.78, 5) is 40.9. The number of anilines is 2. The fourth-order valence-corrected chi connectivity index (χ4v) is 7.53. The van der Waals surface area contributed by atoms with Crippen LogP contribution >= 0.6 is 11.8 Å². The molecule has 8 nitrogen and oxygen atoms in total. The first-order chi connectivity index (χ1) is 20.6. The van der Waals surface area contributed by atoms with Crippen LogP contribution in [-0.2, 0) is 0 Å². The van der Waals surface area contributed by atoms with Crippen molar-refractivity contribution in [2.45, 2.75) is 42.7 Å². The highest BCUT2D eigenvalue weighted by atomic mass is 32.2. The summed E-state index contributed by atoms with van der Waals surface area (Å²) >= 11 is 1.62. The molecule has 2 N–H and O–H groups in total. The van der Waals surface area contributed by atoms with E-state index in [9.17, 15) is 9.59 Å². The van der Waals surface area contributed by atoms with Gasteiger partial charge in [0.2, 0.25) is 5.95 Å². The molecular formula is C33H34N6O2S. The maximum Gasteiger partial charge on any atom is 0.257 e. The highest BCUT2D eigenvalue weighted by Gasteiger charge is 2.33. The molecule has 0 aliphatic carbocycles. The number of fused-ring (bicyclic) bond motifs is 2. The van der Waals surface area contributed by atoms with Crippen LogP contribution < -0.4 is 16.2 Å². The zero-order chi connectivity index (χ0) is 28.6. The van der Waals surface area contributed by atoms with Crippen LogP contribution in [0.1, 0.15) is 59.3 Å². The van der Waals surface area contributed by atoms with E-state index in [0.717, 1.165) is 61.3 Å². The summed E-state index contributed by atoms with van der Waals surface area (Å²) in [6.45, 7) is 2.83. The van der Waals surface area contributed by atoms with E-state index in [1.54, 1.807) is 22.5 Å². The third-order valence-electron chi connectivity index (χ3n) is 8.67. The van der Waals surface area contributed by atoms with Crippen LogP contribution in [0.3, 0.4) is 0 Å². The normalized spacial score (nSPS) is 21.2. The van der Waals surface area contributed by atoms with Crippen molar-refractivity contribution in [1.29, 1.82) is 0 Å². The zero-order valence-electron chi connectivity index (χ0n) is 23.7. The molecule has 2 atom stereocenters. The van der Waals surface area contributed by atoms with Gasteiger partial charge in [0.05, 0.1) is 0 Å². The molecule has 42 heavy (non-hydrogen) atoms. The molecule has 1 saturated heterocycles. The highest BCUT2D eigenvalue weighted by molar-refractivity contribution is 7.99. The number of nitrogens with zero attached hydrogens (tertiary/aromatic N) is 4. The molecule has 2 aromatic carbocycles. The van der Waals surface area contributed by atoms with Crippen LogP contribution in [0, 0.1) is 0 Å². The predicted molar refractivity (Wildman–Crippen MR) is 169 cm³/mol. The summed E-state index contributed by atoms with van der Waals surface area (Å²) in [5.41, 5.74) is 5.15. The van der Waals surface area contributed by atoms with Crippen LogP contribution in [0.4, 0.5) is 11.6 Å². The van der Waals surface area contributed by atoms with Crippen molar-refractivity contribution in [3.05, 3.63) is 93.9 Å². The standard InChI is InChI=1S/C33H34N6O2S/c1-38-17-5-4-7-27(38)26-18-23-19-35-33(36-24-11-9-21(10-12-24)22-13-15-34-16-14-22)37-31(23)39(32(26)41)28-20-42-29-8-3-2-6-25(29)30(28)40/h2-3,6,8-13,18-19,27-28,34H,4-5,7,14-17,20H2,1H3,(H,35,36,37). The summed E-state index contributed by atoms with van der Waals surface area (Å²) in [5.74, 6) is 0.829. The van der Waals surface area contributed by atoms with E-state index in [0.29, 0.717) is 28.5 Å². The number of ketones is 1. The summed E-state index contributed by atoms with van der Waals surface area (Å²) in [6.07, 6.45) is 8.13. The van der Waals surface area contributed by atoms with Gasteiger partial charge in [0.15, 0.2) is 5.78 Å². The predicted octanol–water partition coefficient (Wildman–Crippen LogP) is 5.60. The van der Waals surface area contributed by atoms with Gasteiger partial charge in [-0.25, -0.2) is 4.98 Å². The van der Waals surface area contributed by atoms with Gasteiger partial charge in [-0.15, -0.1) is 11.8 Å². The van der Waals surface area contributed by atoms with E-state index in [1.165, 1.54) is 11.1 Å². The number of carbonyl (C=O) groups excluding carboxylic acids is 1. The van der Waals surface area contributed by atoms with Crippen LogP contribution in [0.5, 0.6) is 0 Å². The molecule has 3 aliphatic heterocycles. The number of rotatable bonds is 5. The lowest BCUT2D eigenvalue weighted by Crippen LogP contribution is -2.39. The third-order valence-corrected chi connectivity index (χ3v) is 9.82. The van der Waals surface area contributed by atoms with Crippen LogP contribution in [0.25, 0.3) is 16.6 Å². The number of carbonyl (C=O) groups is 1. The van der Waals surface area contributed by atoms with E-state index in [1.807, 2.05) is 42.5 Å². The van der Waals surface area contributed by atoms with Crippen LogP contribution in [0.2, 0.25) is 0 Å². The van der Waals surface area contributed by atoms with Gasteiger partial charge in [0.1, 0.15) is 11.7 Å². The minimum Gasteiger partial charge on any atom is -0.324 e. The largest absolute Gasteiger partial charge is 0.324 e. The van der Waals surface area contributed by atoms with Crippen molar-refractivity contribution >= 4 is 45.8 Å². The molecule has 3 aliphatic rings. The average Bonchev–Trinajstić information content (AvgIpc) is 3.03. The number of benzene rings is 2. The Morgan fingerprint density at radius 2 is 1.90 bits per heavy atom. The van der Waals surface area contributed by atoms with Crippen LogP contribution in [0.15, 0.2) is 76.6 Å². The van der Waals surface area contributed by atoms with Crippen molar-refractivity contribution in [2.75, 3.05) is 37.8 Å². The summed E-state index contributed by atoms with van der Waals surface area (Å²) in [5, 5.41) is 7.44. The lowest BCUT2D eigenvalue weighted by atomic mass is 9.95. The number of hydrogen-bond donors (Lipinski definition) is 2. The number of Topliss-reactive ketones (excluding diaryl/α,β-unsaturated/α-hetero) is 1. The molecule has 7 rings (SSSR count). The molecular weight excluding hydrogens is 544 g/mol. The monoisotopic (exact) mass is 578 g/mol. The van der Waals surface area contributed by atoms with Gasteiger partial charge in [-0.1, -0.05) is 42.8 Å². The molecule has 0 amide bonds. The molecule has 0 radical (unpaired) electrons. The number of pyridine rings is 1. The SMILES string of the molecule is CN1CCCCC1c1cc2cnc(Nc3ccc(C4=CCNCC4)cc3)nc2n(C2CSc3ccccc3C2=O)c1=O. The Morgan fingerprint density at radius 1 is 1.05 bits per heavy atom. The Hall–Kier alpha value is -3.79. The Bertz CT molecular complexity index is 1750. The smallest absolute Gasteiger partial charge is 0.257 e. The molecule has 1 fully saturated rings. The molecule has 0 bridgehead atoms. The summed E-state index contributed by atoms with van der Waals surface area (Å²) < 4.78 is 1.65. The van der Waals surface area contributed by atoms with Gasteiger partial charge in [0.25, 0.3) is 5.56 Å². The van der Waals surface area contributed by atoms with Crippen molar-refractivity contribution in [1.82, 2.24) is 24.8 Å². The summed E-state index contributed by atoms with van der Waals surface area (Å²) in [6, 6.07) is 17.2. The van der Waals surface area contributed by atoms with Gasteiger partial charge in [-0.3, -0.25) is 19.1 Å². The van der Waals surface area contributed by atoms with E-state index in [2.05, 4.69) is 45.8 Å². The van der Waals surface area contributed by atoms with Crippen molar-refractivity contribution in [3.8, 4) is 0 Å². The number of aromatic nitrogens is 3. The number of nitrogens with one attached hydrogen (secondary N) is 2. The maximum atomic E-state index is 14.3. The van der Waals surface area contributed by atoms with Gasteiger partial charge < -0.3 is 10.6 Å². The molecule has 0 spiro atoms. The Kier molecular flexibility index (Phi) is 7.39. The molecule has 5 heterocycles. The molecule has 9 heteroatoms. The summed E-state index contributed by atoms with van der Waals surface area (Å²) in [7, 11) is 2.08. The van der Waals surface area contributed by atoms with E-state index >= 15 is 0 Å². The van der Waals surface area contributed by atoms with Gasteiger partial charge in [-0.05, 0) is 74.8 Å². The Labute approximate surface area is 249 Å². The quantitative estimate of drug-likeness (QED) is 0.316. The van der Waals surface area contributed by atoms with Gasteiger partial charge >= 0.3 is 0 Å². The zero-order valence-corrected chi connectivity index (χ0v) is 24.5. The topological polar surface area (TPSA) is 92.2 Å². The van der Waals surface area contributed by atoms with Crippen molar-refractivity contribution in [3.63, 3.8) is 0 Å². The number of piperidine rings is 1. The first-order valence-electron chi connectivity index (χ1n) is 14.7. The van der Waals surface area contributed by atoms with E-state index in [4.69, 9.17) is 4.98 Å². The Morgan fingerprint density at radius 3 is 2.71 bits per heavy atom. The van der Waals surface area contributed by atoms with Gasteiger partial charge in [0, 0.05) is 51.6 Å². The minimum atomic E-state index is -0.644. The lowest BCUT2D eigenvalue weighted by Gasteiger charge is -2.33. The van der Waals surface area contributed by atoms with Crippen LogP contribution in [-0.4, -0.2) is 57.7 Å². The second-order valence-corrected chi connectivity index (χ2v) is 12.4. The molecule has 2 unspecified atom stereocenters. The number of likely N-dealkylation sites (tertiary alicyclic amines) is 1. The molecule has 0 saturated carbocycles. The van der Waals surface area contributed by atoms with Crippen molar-refractivity contribution in [2.24, 2.45) is 0 Å². The second kappa shape index (κ2) is 11.5. The third kappa shape index (κ3) is 5.06. The average molecular weight is 579 g/mol. The minimum absolute atomic E-state index is 0.00640. The first-order valence-corrected chi connectivity index (χ1v) is 15.7. The number of thioether (sulfide) groups is 1. The first kappa shape index (κ1) is 27.1. The maximum absolute atomic E-state index is 14.3. The van der Waals surface area contributed by atoms with E-state index < -0.39 is 6.04 Å². The molecule has 214 valence electrons. The van der Waals surface area contributed by atoms with Gasteiger partial charge in [-0.2, -0.15) is 4.98 Å². The fourth-order valence-electron chi connectivity index (χ4n) is 6.39. The fraction of sp³-hybridized carbons (Fsp3) is 0.333. The molecule has 4 aromatic rings. The molecule has 2 aromatic heterocycles.